The zero-order valence-corrected chi connectivity index (χ0v) is 17.1. The fourth-order valence-electron chi connectivity index (χ4n) is 3.42. The molecule has 3 heterocycles. The third kappa shape index (κ3) is 3.61. The van der Waals surface area contributed by atoms with Crippen molar-refractivity contribution < 1.29 is 18.4 Å². The minimum absolute atomic E-state index is 0.0273. The number of carbonyl (C=O) groups is 2. The number of amides is 2. The molecule has 5 rings (SSSR count). The van der Waals surface area contributed by atoms with Gasteiger partial charge in [0, 0.05) is 26.2 Å². The van der Waals surface area contributed by atoms with Crippen LogP contribution in [-0.2, 0) is 13.6 Å². The first-order valence-corrected chi connectivity index (χ1v) is 10.1. The van der Waals surface area contributed by atoms with Gasteiger partial charge in [-0.2, -0.15) is 5.10 Å². The van der Waals surface area contributed by atoms with E-state index in [-0.39, 0.29) is 23.6 Å². The van der Waals surface area contributed by atoms with Gasteiger partial charge in [-0.15, -0.1) is 0 Å². The Labute approximate surface area is 180 Å². The number of hydrogen-bond acceptors (Lipinski definition) is 6. The van der Waals surface area contributed by atoms with Gasteiger partial charge in [0.05, 0.1) is 11.7 Å². The van der Waals surface area contributed by atoms with Crippen LogP contribution in [0.5, 0.6) is 0 Å². The number of oxazole rings is 1. The number of halogens is 1. The van der Waals surface area contributed by atoms with Crippen LogP contribution >= 0.6 is 0 Å². The average molecular weight is 438 g/mol. The Morgan fingerprint density at radius 3 is 2.81 bits per heavy atom. The molecule has 4 aromatic rings. The normalized spacial score (nSPS) is 13.6. The topological polar surface area (TPSA) is 124 Å². The number of nitrogens with one attached hydrogen (secondary N) is 2. The van der Waals surface area contributed by atoms with Crippen LogP contribution in [0.3, 0.4) is 0 Å². The Morgan fingerprint density at radius 2 is 2.03 bits per heavy atom. The number of benzene rings is 1. The molecule has 0 aliphatic heterocycles. The minimum Gasteiger partial charge on any atom is -0.408 e. The number of nitrogens with zero attached hydrogens (tertiary/aromatic N) is 4. The molecule has 1 aliphatic carbocycles. The largest absolute Gasteiger partial charge is 0.419 e. The van der Waals surface area contributed by atoms with Gasteiger partial charge in [-0.25, -0.2) is 18.7 Å². The van der Waals surface area contributed by atoms with E-state index in [0.717, 1.165) is 29.1 Å². The van der Waals surface area contributed by atoms with E-state index in [1.165, 1.54) is 10.6 Å². The molecular formula is C21H19FN6O4. The lowest BCUT2D eigenvalue weighted by Gasteiger charge is -2.09. The Hall–Kier alpha value is -4.02. The Balaban J connectivity index is 1.39. The summed E-state index contributed by atoms with van der Waals surface area (Å²) in [4.78, 5) is 41.0. The molecule has 0 radical (unpaired) electrons. The van der Waals surface area contributed by atoms with Gasteiger partial charge in [-0.3, -0.25) is 14.2 Å². The fraction of sp³-hybridized carbons (Fsp3) is 0.286. The predicted octanol–water partition coefficient (Wildman–Crippen LogP) is 1.38. The first-order chi connectivity index (χ1) is 15.4. The second-order valence-electron chi connectivity index (χ2n) is 7.82. The van der Waals surface area contributed by atoms with Crippen molar-refractivity contribution in [1.82, 2.24) is 29.8 Å². The number of aromatic nitrogens is 4. The zero-order valence-electron chi connectivity index (χ0n) is 17.1. The number of fused-ring (bicyclic) bond motifs is 2. The number of carbonyl (C=O) groups excluding carboxylic acids is 2. The van der Waals surface area contributed by atoms with Gasteiger partial charge < -0.3 is 15.1 Å². The summed E-state index contributed by atoms with van der Waals surface area (Å²) in [7, 11) is 1.59. The molecule has 0 bridgehead atoms. The number of rotatable bonds is 6. The summed E-state index contributed by atoms with van der Waals surface area (Å²) < 4.78 is 21.7. The molecule has 32 heavy (non-hydrogen) atoms. The van der Waals surface area contributed by atoms with Gasteiger partial charge in [-0.1, -0.05) is 6.07 Å². The van der Waals surface area contributed by atoms with Crippen LogP contribution in [-0.4, -0.2) is 37.5 Å². The van der Waals surface area contributed by atoms with E-state index in [0.29, 0.717) is 23.6 Å². The lowest BCUT2D eigenvalue weighted by Crippen LogP contribution is -2.30. The number of aryl methyl sites for hydroxylation is 1. The summed E-state index contributed by atoms with van der Waals surface area (Å²) >= 11 is 0. The lowest BCUT2D eigenvalue weighted by atomic mass is 10.2. The number of hydrogen-bond donors (Lipinski definition) is 2. The van der Waals surface area contributed by atoms with E-state index in [9.17, 15) is 18.8 Å². The molecule has 1 fully saturated rings. The van der Waals surface area contributed by atoms with Gasteiger partial charge in [0.25, 0.3) is 11.8 Å². The standard InChI is InChI=1S/C21H19FN6O4/c1-27-15-6-12(4-5-17(15)32-21(27)31)9-23-19(29)14-7-16(20(30)24-8-11-2-3-11)28-18(26-14)13(22)10-25-28/h4-7,10-11H,2-3,8-9H2,1H3,(H,23,29)(H,24,30). The molecule has 3 aromatic heterocycles. The maximum Gasteiger partial charge on any atom is 0.419 e. The summed E-state index contributed by atoms with van der Waals surface area (Å²) in [5, 5.41) is 9.36. The average Bonchev–Trinajstić information content (AvgIpc) is 3.50. The third-order valence-corrected chi connectivity index (χ3v) is 5.45. The van der Waals surface area contributed by atoms with Crippen LogP contribution in [0.2, 0.25) is 0 Å². The Kier molecular flexibility index (Phi) is 4.72. The lowest BCUT2D eigenvalue weighted by molar-refractivity contribution is 0.0943. The first kappa shape index (κ1) is 19.9. The van der Waals surface area contributed by atoms with Crippen LogP contribution in [0.4, 0.5) is 4.39 Å². The van der Waals surface area contributed by atoms with Crippen molar-refractivity contribution >= 4 is 28.6 Å². The van der Waals surface area contributed by atoms with Crippen molar-refractivity contribution in [2.75, 3.05) is 6.54 Å². The molecule has 0 atom stereocenters. The molecule has 11 heteroatoms. The summed E-state index contributed by atoms with van der Waals surface area (Å²) in [5.41, 5.74) is 1.48. The van der Waals surface area contributed by atoms with Crippen LogP contribution in [0.25, 0.3) is 16.7 Å². The summed E-state index contributed by atoms with van der Waals surface area (Å²) in [6.07, 6.45) is 3.08. The van der Waals surface area contributed by atoms with Gasteiger partial charge >= 0.3 is 5.76 Å². The van der Waals surface area contributed by atoms with E-state index in [4.69, 9.17) is 4.42 Å². The van der Waals surface area contributed by atoms with Crippen LogP contribution in [0, 0.1) is 11.7 Å². The molecule has 0 saturated heterocycles. The van der Waals surface area contributed by atoms with E-state index in [1.54, 1.807) is 25.2 Å². The van der Waals surface area contributed by atoms with Crippen LogP contribution < -0.4 is 16.4 Å². The van der Waals surface area contributed by atoms with Crippen molar-refractivity contribution in [2.45, 2.75) is 19.4 Å². The second-order valence-corrected chi connectivity index (χ2v) is 7.82. The molecular weight excluding hydrogens is 419 g/mol. The van der Waals surface area contributed by atoms with Crippen LogP contribution in [0.15, 0.2) is 39.7 Å². The molecule has 1 aliphatic rings. The van der Waals surface area contributed by atoms with Crippen molar-refractivity contribution in [3.05, 3.63) is 63.8 Å². The van der Waals surface area contributed by atoms with Gasteiger partial charge in [0.2, 0.25) is 0 Å². The van der Waals surface area contributed by atoms with Crippen molar-refractivity contribution in [1.29, 1.82) is 0 Å². The van der Waals surface area contributed by atoms with E-state index >= 15 is 0 Å². The van der Waals surface area contributed by atoms with Gasteiger partial charge in [0.1, 0.15) is 11.4 Å². The Morgan fingerprint density at radius 1 is 1.22 bits per heavy atom. The highest BCUT2D eigenvalue weighted by atomic mass is 19.1. The smallest absolute Gasteiger partial charge is 0.408 e. The third-order valence-electron chi connectivity index (χ3n) is 5.45. The highest BCUT2D eigenvalue weighted by Crippen LogP contribution is 2.27. The molecule has 2 amide bonds. The van der Waals surface area contributed by atoms with Gasteiger partial charge in [-0.05, 0) is 36.5 Å². The summed E-state index contributed by atoms with van der Waals surface area (Å²) in [6, 6.07) is 6.38. The zero-order chi connectivity index (χ0) is 22.4. The molecule has 164 valence electrons. The highest BCUT2D eigenvalue weighted by molar-refractivity contribution is 5.98. The predicted molar refractivity (Wildman–Crippen MR) is 111 cm³/mol. The van der Waals surface area contributed by atoms with Crippen LogP contribution in [0.1, 0.15) is 39.4 Å². The van der Waals surface area contributed by atoms with E-state index < -0.39 is 23.4 Å². The molecule has 0 unspecified atom stereocenters. The highest BCUT2D eigenvalue weighted by Gasteiger charge is 2.24. The summed E-state index contributed by atoms with van der Waals surface area (Å²) in [6.45, 7) is 0.652. The molecule has 10 nitrogen and oxygen atoms in total. The SMILES string of the molecule is Cn1c(=O)oc2ccc(CNC(=O)c3cc(C(=O)NCC4CC4)n4ncc(F)c4n3)cc21. The van der Waals surface area contributed by atoms with E-state index in [1.807, 2.05) is 0 Å². The Bertz CT molecular complexity index is 1430. The second kappa shape index (κ2) is 7.59. The molecule has 0 spiro atoms. The summed E-state index contributed by atoms with van der Waals surface area (Å²) in [5.74, 6) is -1.78. The fourth-order valence-corrected chi connectivity index (χ4v) is 3.42. The minimum atomic E-state index is -0.734. The van der Waals surface area contributed by atoms with Crippen molar-refractivity contribution in [3.63, 3.8) is 0 Å². The maximum atomic E-state index is 14.2. The van der Waals surface area contributed by atoms with Gasteiger partial charge in [0.15, 0.2) is 17.0 Å². The quantitative estimate of drug-likeness (QED) is 0.469. The maximum absolute atomic E-state index is 14.2. The molecule has 1 saturated carbocycles. The van der Waals surface area contributed by atoms with Crippen molar-refractivity contribution in [2.24, 2.45) is 13.0 Å². The first-order valence-electron chi connectivity index (χ1n) is 10.1. The molecule has 1 aromatic carbocycles. The van der Waals surface area contributed by atoms with E-state index in [2.05, 4.69) is 20.7 Å². The van der Waals surface area contributed by atoms with Crippen molar-refractivity contribution in [3.8, 4) is 0 Å². The molecule has 2 N–H and O–H groups in total. The monoisotopic (exact) mass is 438 g/mol.